The first-order chi connectivity index (χ1) is 8.43. The van der Waals surface area contributed by atoms with E-state index in [1.807, 2.05) is 19.9 Å². The summed E-state index contributed by atoms with van der Waals surface area (Å²) < 4.78 is 24.9. The number of nitrogens with one attached hydrogen (secondary N) is 2. The molecule has 0 unspecified atom stereocenters. The highest BCUT2D eigenvalue weighted by Crippen LogP contribution is 2.05. The molecule has 0 aliphatic heterocycles. The molecular formula is C11H20N4O2S. The maximum absolute atomic E-state index is 11.2. The van der Waals surface area contributed by atoms with E-state index in [9.17, 15) is 8.42 Å². The third-order valence-electron chi connectivity index (χ3n) is 2.33. The van der Waals surface area contributed by atoms with Crippen molar-refractivity contribution in [2.24, 2.45) is 0 Å². The van der Waals surface area contributed by atoms with Crippen LogP contribution in [-0.4, -0.2) is 37.2 Å². The molecule has 102 valence electrons. The van der Waals surface area contributed by atoms with Gasteiger partial charge in [-0.05, 0) is 27.2 Å². The van der Waals surface area contributed by atoms with Crippen molar-refractivity contribution in [1.82, 2.24) is 14.7 Å². The van der Waals surface area contributed by atoms with Crippen molar-refractivity contribution in [2.75, 3.05) is 24.2 Å². The zero-order valence-corrected chi connectivity index (χ0v) is 11.8. The Kier molecular flexibility index (Phi) is 5.49. The van der Waals surface area contributed by atoms with Crippen molar-refractivity contribution in [2.45, 2.75) is 27.2 Å². The predicted molar refractivity (Wildman–Crippen MR) is 72.1 cm³/mol. The van der Waals surface area contributed by atoms with Crippen LogP contribution in [0, 0.1) is 13.8 Å². The van der Waals surface area contributed by atoms with E-state index in [1.165, 1.54) is 0 Å². The number of aromatic nitrogens is 2. The molecule has 1 aromatic heterocycles. The second-order valence-electron chi connectivity index (χ2n) is 4.02. The van der Waals surface area contributed by atoms with Gasteiger partial charge >= 0.3 is 0 Å². The second-order valence-corrected chi connectivity index (χ2v) is 6.12. The van der Waals surface area contributed by atoms with Crippen LogP contribution < -0.4 is 10.0 Å². The van der Waals surface area contributed by atoms with Gasteiger partial charge in [-0.15, -0.1) is 0 Å². The molecule has 7 heteroatoms. The molecule has 0 saturated carbocycles. The van der Waals surface area contributed by atoms with Crippen LogP contribution in [0.4, 0.5) is 5.82 Å². The maximum Gasteiger partial charge on any atom is 0.211 e. The summed E-state index contributed by atoms with van der Waals surface area (Å²) in [7, 11) is -3.08. The first-order valence-corrected chi connectivity index (χ1v) is 7.61. The second kappa shape index (κ2) is 6.65. The molecule has 6 nitrogen and oxygen atoms in total. The molecule has 18 heavy (non-hydrogen) atoms. The lowest BCUT2D eigenvalue weighted by atomic mass is 10.4. The molecule has 0 amide bonds. The smallest absolute Gasteiger partial charge is 0.211 e. The van der Waals surface area contributed by atoms with E-state index in [0.29, 0.717) is 19.5 Å². The Hall–Kier alpha value is -1.21. The minimum atomic E-state index is -3.08. The topological polar surface area (TPSA) is 84.0 Å². The summed E-state index contributed by atoms with van der Waals surface area (Å²) in [6.45, 7) is 6.48. The van der Waals surface area contributed by atoms with Crippen molar-refractivity contribution in [3.05, 3.63) is 17.6 Å². The van der Waals surface area contributed by atoms with Crippen molar-refractivity contribution in [3.63, 3.8) is 0 Å². The number of hydrogen-bond acceptors (Lipinski definition) is 5. The molecule has 0 aromatic carbocycles. The lowest BCUT2D eigenvalue weighted by Crippen LogP contribution is -2.27. The third kappa shape index (κ3) is 5.42. The van der Waals surface area contributed by atoms with Gasteiger partial charge in [-0.2, -0.15) is 0 Å². The SMILES string of the molecule is CCS(=O)(=O)NCCCNc1cc(C)nc(C)n1. The Morgan fingerprint density at radius 3 is 2.56 bits per heavy atom. The molecule has 0 spiro atoms. The summed E-state index contributed by atoms with van der Waals surface area (Å²) in [5.74, 6) is 1.62. The van der Waals surface area contributed by atoms with E-state index in [4.69, 9.17) is 0 Å². The molecule has 0 aliphatic rings. The van der Waals surface area contributed by atoms with E-state index in [1.54, 1.807) is 6.92 Å². The molecule has 0 aliphatic carbocycles. The summed E-state index contributed by atoms with van der Waals surface area (Å²) in [4.78, 5) is 8.41. The van der Waals surface area contributed by atoms with Crippen LogP contribution in [0.25, 0.3) is 0 Å². The summed E-state index contributed by atoms with van der Waals surface area (Å²) in [5, 5.41) is 3.14. The van der Waals surface area contributed by atoms with Crippen LogP contribution in [0.3, 0.4) is 0 Å². The minimum Gasteiger partial charge on any atom is -0.370 e. The lowest BCUT2D eigenvalue weighted by molar-refractivity contribution is 0.581. The van der Waals surface area contributed by atoms with Gasteiger partial charge in [0.1, 0.15) is 11.6 Å². The van der Waals surface area contributed by atoms with Gasteiger partial charge in [0.15, 0.2) is 0 Å². The fourth-order valence-corrected chi connectivity index (χ4v) is 2.10. The number of aryl methyl sites for hydroxylation is 2. The third-order valence-corrected chi connectivity index (χ3v) is 3.73. The number of nitrogens with zero attached hydrogens (tertiary/aromatic N) is 2. The number of rotatable bonds is 7. The Morgan fingerprint density at radius 2 is 1.94 bits per heavy atom. The van der Waals surface area contributed by atoms with E-state index in [2.05, 4.69) is 20.0 Å². The van der Waals surface area contributed by atoms with E-state index in [0.717, 1.165) is 17.3 Å². The first-order valence-electron chi connectivity index (χ1n) is 5.96. The highest BCUT2D eigenvalue weighted by Gasteiger charge is 2.04. The minimum absolute atomic E-state index is 0.116. The van der Waals surface area contributed by atoms with Crippen LogP contribution in [0.5, 0.6) is 0 Å². The molecule has 0 saturated heterocycles. The lowest BCUT2D eigenvalue weighted by Gasteiger charge is -2.07. The zero-order valence-electron chi connectivity index (χ0n) is 11.0. The molecule has 1 aromatic rings. The van der Waals surface area contributed by atoms with Gasteiger partial charge in [-0.25, -0.2) is 23.1 Å². The van der Waals surface area contributed by atoms with Gasteiger partial charge in [0.2, 0.25) is 10.0 Å². The molecule has 0 fully saturated rings. The largest absolute Gasteiger partial charge is 0.370 e. The zero-order chi connectivity index (χ0) is 13.6. The normalized spacial score (nSPS) is 11.5. The summed E-state index contributed by atoms with van der Waals surface area (Å²) >= 11 is 0. The molecule has 0 bridgehead atoms. The number of anilines is 1. The number of sulfonamides is 1. The molecule has 2 N–H and O–H groups in total. The van der Waals surface area contributed by atoms with Gasteiger partial charge in [0, 0.05) is 24.8 Å². The van der Waals surface area contributed by atoms with E-state index >= 15 is 0 Å². The van der Waals surface area contributed by atoms with E-state index < -0.39 is 10.0 Å². The van der Waals surface area contributed by atoms with Crippen LogP contribution in [0.1, 0.15) is 24.9 Å². The summed E-state index contributed by atoms with van der Waals surface area (Å²) in [6.07, 6.45) is 0.710. The quantitative estimate of drug-likeness (QED) is 0.718. The average Bonchev–Trinajstić information content (AvgIpc) is 2.27. The number of hydrogen-bond donors (Lipinski definition) is 2. The fourth-order valence-electron chi connectivity index (χ4n) is 1.44. The molecule has 0 radical (unpaired) electrons. The van der Waals surface area contributed by atoms with Crippen LogP contribution >= 0.6 is 0 Å². The van der Waals surface area contributed by atoms with Crippen molar-refractivity contribution in [3.8, 4) is 0 Å². The maximum atomic E-state index is 11.2. The standard InChI is InChI=1S/C11H20N4O2S/c1-4-18(16,17)13-7-5-6-12-11-8-9(2)14-10(3)15-11/h8,13H,4-7H2,1-3H3,(H,12,14,15). The highest BCUT2D eigenvalue weighted by atomic mass is 32.2. The Morgan fingerprint density at radius 1 is 1.22 bits per heavy atom. The van der Waals surface area contributed by atoms with Crippen LogP contribution in [0.15, 0.2) is 6.07 Å². The molecule has 0 atom stereocenters. The predicted octanol–water partition coefficient (Wildman–Crippen LogP) is 0.835. The van der Waals surface area contributed by atoms with Gasteiger partial charge in [-0.1, -0.05) is 0 Å². The average molecular weight is 272 g/mol. The van der Waals surface area contributed by atoms with Gasteiger partial charge in [-0.3, -0.25) is 0 Å². The summed E-state index contributed by atoms with van der Waals surface area (Å²) in [5.41, 5.74) is 0.914. The Labute approximate surface area is 108 Å². The van der Waals surface area contributed by atoms with Crippen molar-refractivity contribution in [1.29, 1.82) is 0 Å². The van der Waals surface area contributed by atoms with Crippen LogP contribution in [0.2, 0.25) is 0 Å². The summed E-state index contributed by atoms with van der Waals surface area (Å²) in [6, 6.07) is 1.86. The van der Waals surface area contributed by atoms with E-state index in [-0.39, 0.29) is 5.75 Å². The fraction of sp³-hybridized carbons (Fsp3) is 0.636. The van der Waals surface area contributed by atoms with Gasteiger partial charge in [0.25, 0.3) is 0 Å². The molecular weight excluding hydrogens is 252 g/mol. The Bertz CT molecular complexity index is 468. The van der Waals surface area contributed by atoms with Crippen molar-refractivity contribution >= 4 is 15.8 Å². The van der Waals surface area contributed by atoms with Crippen LogP contribution in [-0.2, 0) is 10.0 Å². The van der Waals surface area contributed by atoms with Crippen molar-refractivity contribution < 1.29 is 8.42 Å². The molecule has 1 rings (SSSR count). The van der Waals surface area contributed by atoms with Gasteiger partial charge < -0.3 is 5.32 Å². The Balaban J connectivity index is 2.30. The first kappa shape index (κ1) is 14.8. The van der Waals surface area contributed by atoms with Gasteiger partial charge in [0.05, 0.1) is 5.75 Å². The molecule has 1 heterocycles. The highest BCUT2D eigenvalue weighted by molar-refractivity contribution is 7.89. The monoisotopic (exact) mass is 272 g/mol.